The van der Waals surface area contributed by atoms with Crippen molar-refractivity contribution in [2.45, 2.75) is 50.9 Å². The lowest BCUT2D eigenvalue weighted by molar-refractivity contribution is 0.0795. The first kappa shape index (κ1) is 25.2. The summed E-state index contributed by atoms with van der Waals surface area (Å²) in [7, 11) is 0. The number of H-pyrrole nitrogens is 1. The van der Waals surface area contributed by atoms with Crippen molar-refractivity contribution >= 4 is 45.6 Å². The van der Waals surface area contributed by atoms with Crippen LogP contribution in [0, 0.1) is 0 Å². The van der Waals surface area contributed by atoms with E-state index in [1.807, 2.05) is 30.3 Å². The van der Waals surface area contributed by atoms with Gasteiger partial charge in [0.25, 0.3) is 5.56 Å². The zero-order valence-electron chi connectivity index (χ0n) is 19.7. The fourth-order valence-corrected chi connectivity index (χ4v) is 5.50. The van der Waals surface area contributed by atoms with E-state index in [-0.39, 0.29) is 11.7 Å². The van der Waals surface area contributed by atoms with E-state index >= 15 is 0 Å². The molecule has 36 heavy (non-hydrogen) atoms. The molecule has 1 aromatic heterocycles. The van der Waals surface area contributed by atoms with Gasteiger partial charge in [0.15, 0.2) is 0 Å². The summed E-state index contributed by atoms with van der Waals surface area (Å²) in [6, 6.07) is 22.0. The number of nitrogens with zero attached hydrogens (tertiary/aromatic N) is 1. The summed E-state index contributed by atoms with van der Waals surface area (Å²) in [5, 5.41) is 3.27. The molecule has 1 aliphatic rings. The Morgan fingerprint density at radius 3 is 1.92 bits per heavy atom. The maximum atomic E-state index is 12.1. The number of benzene rings is 3. The highest BCUT2D eigenvalue weighted by Gasteiger charge is 2.28. The summed E-state index contributed by atoms with van der Waals surface area (Å²) in [6.07, 6.45) is 5.62. The number of pyridine rings is 1. The maximum Gasteiger partial charge on any atom is 0.255 e. The highest BCUT2D eigenvalue weighted by atomic mass is 35.5. The molecule has 0 bridgehead atoms. The predicted molar refractivity (Wildman–Crippen MR) is 148 cm³/mol. The van der Waals surface area contributed by atoms with Crippen LogP contribution in [0.25, 0.3) is 10.8 Å². The molecule has 7 heteroatoms. The largest absolute Gasteiger partial charge is 0.489 e. The Balaban J connectivity index is 1.28. The van der Waals surface area contributed by atoms with Gasteiger partial charge in [-0.3, -0.25) is 9.69 Å². The lowest BCUT2D eigenvalue weighted by Gasteiger charge is -2.37. The summed E-state index contributed by atoms with van der Waals surface area (Å²) in [5.74, 6) is 0.636. The molecule has 3 aromatic carbocycles. The van der Waals surface area contributed by atoms with E-state index in [1.165, 1.54) is 11.1 Å². The smallest absolute Gasteiger partial charge is 0.255 e. The van der Waals surface area contributed by atoms with Crippen LogP contribution in [0.5, 0.6) is 5.75 Å². The Bertz CT molecular complexity index is 1330. The molecule has 4 nitrogen and oxygen atoms in total. The molecule has 0 amide bonds. The molecule has 1 aliphatic carbocycles. The molecule has 0 aliphatic heterocycles. The average Bonchev–Trinajstić information content (AvgIpc) is 2.89. The summed E-state index contributed by atoms with van der Waals surface area (Å²) in [6.45, 7) is 1.70. The van der Waals surface area contributed by atoms with E-state index in [9.17, 15) is 4.79 Å². The van der Waals surface area contributed by atoms with E-state index in [2.05, 4.69) is 34.1 Å². The van der Waals surface area contributed by atoms with E-state index in [0.29, 0.717) is 27.6 Å². The summed E-state index contributed by atoms with van der Waals surface area (Å²) in [4.78, 5) is 17.3. The van der Waals surface area contributed by atoms with Gasteiger partial charge in [0.1, 0.15) is 5.75 Å². The molecule has 0 atom stereocenters. The van der Waals surface area contributed by atoms with Gasteiger partial charge in [-0.15, -0.1) is 0 Å². The highest BCUT2D eigenvalue weighted by Crippen LogP contribution is 2.35. The Labute approximate surface area is 225 Å². The van der Waals surface area contributed by atoms with Gasteiger partial charge in [0, 0.05) is 46.1 Å². The molecular weight excluding hydrogens is 515 g/mol. The summed E-state index contributed by atoms with van der Waals surface area (Å²) < 4.78 is 6.33. The second-order valence-electron chi connectivity index (χ2n) is 9.35. The van der Waals surface area contributed by atoms with Crippen LogP contribution in [0.4, 0.5) is 0 Å². The van der Waals surface area contributed by atoms with E-state index in [4.69, 9.17) is 39.5 Å². The van der Waals surface area contributed by atoms with Crippen LogP contribution < -0.4 is 10.3 Å². The SMILES string of the molecule is O=c1[nH]ccc2c(Cl)c(O[C@H]3CC[C@@H](N(Cc4ccc(Cl)cc4)Cc4ccc(Cl)cc4)CC3)ccc12. The van der Waals surface area contributed by atoms with Crippen LogP contribution in [0.1, 0.15) is 36.8 Å². The second kappa shape index (κ2) is 11.3. The lowest BCUT2D eigenvalue weighted by atomic mass is 9.91. The number of aromatic amines is 1. The standard InChI is InChI=1S/C29H27Cl3N2O2/c30-21-5-1-19(2-6-21)17-34(18-20-3-7-22(31)8-4-20)23-9-11-24(12-10-23)36-27-14-13-26-25(28(27)32)15-16-33-29(26)35/h1-8,13-16,23-24H,9-12,17-18H2,(H,33,35)/t23-,24+. The monoisotopic (exact) mass is 540 g/mol. The van der Waals surface area contributed by atoms with Gasteiger partial charge in [0.05, 0.1) is 11.1 Å². The molecule has 0 saturated heterocycles. The Hall–Kier alpha value is -2.50. The molecule has 4 aromatic rings. The Kier molecular flexibility index (Phi) is 7.87. The number of hydrogen-bond acceptors (Lipinski definition) is 3. The molecule has 1 heterocycles. The third-order valence-electron chi connectivity index (χ3n) is 6.91. The number of halogens is 3. The van der Waals surface area contributed by atoms with Crippen molar-refractivity contribution in [2.75, 3.05) is 0 Å². The highest BCUT2D eigenvalue weighted by molar-refractivity contribution is 6.37. The number of hydrogen-bond donors (Lipinski definition) is 1. The van der Waals surface area contributed by atoms with Gasteiger partial charge in [-0.1, -0.05) is 59.1 Å². The zero-order valence-corrected chi connectivity index (χ0v) is 22.0. The molecule has 5 rings (SSSR count). The Morgan fingerprint density at radius 2 is 1.33 bits per heavy atom. The third-order valence-corrected chi connectivity index (χ3v) is 7.80. The van der Waals surface area contributed by atoms with Gasteiger partial charge < -0.3 is 9.72 Å². The van der Waals surface area contributed by atoms with Crippen LogP contribution in [0.2, 0.25) is 15.1 Å². The molecule has 1 fully saturated rings. The number of aromatic nitrogens is 1. The molecule has 0 spiro atoms. The van der Waals surface area contributed by atoms with Crippen LogP contribution in [0.3, 0.4) is 0 Å². The van der Waals surface area contributed by atoms with E-state index in [1.54, 1.807) is 18.3 Å². The third kappa shape index (κ3) is 5.90. The van der Waals surface area contributed by atoms with E-state index < -0.39 is 0 Å². The van der Waals surface area contributed by atoms with Crippen LogP contribution in [-0.2, 0) is 13.1 Å². The number of fused-ring (bicyclic) bond motifs is 1. The number of rotatable bonds is 7. The minimum absolute atomic E-state index is 0.0890. The fourth-order valence-electron chi connectivity index (χ4n) is 4.97. The van der Waals surface area contributed by atoms with Crippen LogP contribution >= 0.6 is 34.8 Å². The first-order valence-electron chi connectivity index (χ1n) is 12.2. The van der Waals surface area contributed by atoms with Crippen LogP contribution in [-0.4, -0.2) is 22.0 Å². The zero-order chi connectivity index (χ0) is 25.1. The van der Waals surface area contributed by atoms with E-state index in [0.717, 1.165) is 48.8 Å². The van der Waals surface area contributed by atoms with Crippen molar-refractivity contribution in [1.29, 1.82) is 0 Å². The first-order chi connectivity index (χ1) is 17.5. The van der Waals surface area contributed by atoms with Gasteiger partial charge in [0.2, 0.25) is 0 Å². The average molecular weight is 542 g/mol. The van der Waals surface area contributed by atoms with Crippen LogP contribution in [0.15, 0.2) is 77.7 Å². The van der Waals surface area contributed by atoms with Gasteiger partial charge in [-0.05, 0) is 79.3 Å². The molecule has 186 valence electrons. The van der Waals surface area contributed by atoms with Crippen molar-refractivity contribution < 1.29 is 4.74 Å². The van der Waals surface area contributed by atoms with Crippen molar-refractivity contribution in [3.63, 3.8) is 0 Å². The second-order valence-corrected chi connectivity index (χ2v) is 10.6. The quantitative estimate of drug-likeness (QED) is 0.259. The van der Waals surface area contributed by atoms with Gasteiger partial charge in [-0.25, -0.2) is 0 Å². The lowest BCUT2D eigenvalue weighted by Crippen LogP contribution is -2.39. The minimum Gasteiger partial charge on any atom is -0.489 e. The predicted octanol–water partition coefficient (Wildman–Crippen LogP) is 7.88. The van der Waals surface area contributed by atoms with Crippen molar-refractivity contribution in [3.05, 3.63) is 109 Å². The molecule has 1 saturated carbocycles. The van der Waals surface area contributed by atoms with Gasteiger partial charge in [-0.2, -0.15) is 0 Å². The topological polar surface area (TPSA) is 45.3 Å². The molecule has 0 unspecified atom stereocenters. The minimum atomic E-state index is -0.150. The first-order valence-corrected chi connectivity index (χ1v) is 13.3. The summed E-state index contributed by atoms with van der Waals surface area (Å²) >= 11 is 18.8. The van der Waals surface area contributed by atoms with Crippen molar-refractivity contribution in [1.82, 2.24) is 9.88 Å². The molecule has 0 radical (unpaired) electrons. The van der Waals surface area contributed by atoms with Crippen molar-refractivity contribution in [2.24, 2.45) is 0 Å². The van der Waals surface area contributed by atoms with Gasteiger partial charge >= 0.3 is 0 Å². The maximum absolute atomic E-state index is 12.1. The normalized spacial score (nSPS) is 18.0. The fraction of sp³-hybridized carbons (Fsp3) is 0.276. The number of nitrogens with one attached hydrogen (secondary N) is 1. The molecule has 1 N–H and O–H groups in total. The molecular formula is C29H27Cl3N2O2. The van der Waals surface area contributed by atoms with Crippen molar-refractivity contribution in [3.8, 4) is 5.75 Å². The summed E-state index contributed by atoms with van der Waals surface area (Å²) in [5.41, 5.74) is 2.33. The number of ether oxygens (including phenoxy) is 1. The Morgan fingerprint density at radius 1 is 0.750 bits per heavy atom.